The predicted octanol–water partition coefficient (Wildman–Crippen LogP) is 2.24. The highest BCUT2D eigenvalue weighted by molar-refractivity contribution is 7.90. The third-order valence-corrected chi connectivity index (χ3v) is 4.02. The molecule has 1 heterocycles. The van der Waals surface area contributed by atoms with Crippen LogP contribution in [0.1, 0.15) is 15.9 Å². The van der Waals surface area contributed by atoms with Crippen LogP contribution < -0.4 is 5.32 Å². The minimum atomic E-state index is -3.58. The van der Waals surface area contributed by atoms with Gasteiger partial charge in [-0.2, -0.15) is 0 Å². The summed E-state index contributed by atoms with van der Waals surface area (Å²) in [5.41, 5.74) is 0.731. The normalized spacial score (nSPS) is 11.1. The van der Waals surface area contributed by atoms with E-state index in [4.69, 9.17) is 5.11 Å². The van der Waals surface area contributed by atoms with Gasteiger partial charge < -0.3 is 10.4 Å². The van der Waals surface area contributed by atoms with Crippen molar-refractivity contribution in [3.05, 3.63) is 47.7 Å². The van der Waals surface area contributed by atoms with Crippen LogP contribution in [0.15, 0.2) is 41.4 Å². The lowest BCUT2D eigenvalue weighted by Crippen LogP contribution is -2.08. The summed E-state index contributed by atoms with van der Waals surface area (Å²) in [5.74, 6) is -0.688. The van der Waals surface area contributed by atoms with Crippen molar-refractivity contribution in [2.45, 2.75) is 11.8 Å². The van der Waals surface area contributed by atoms with Gasteiger partial charge in [0.25, 0.3) is 0 Å². The highest BCUT2D eigenvalue weighted by Gasteiger charge is 2.19. The number of anilines is 2. The SMILES string of the molecule is Cc1cc(Nc2ccccn2)c(S(C)(=O)=O)cc1C(=O)O. The topological polar surface area (TPSA) is 96.4 Å². The monoisotopic (exact) mass is 306 g/mol. The van der Waals surface area contributed by atoms with Gasteiger partial charge in [-0.25, -0.2) is 18.2 Å². The van der Waals surface area contributed by atoms with Crippen molar-refractivity contribution in [3.8, 4) is 0 Å². The molecule has 110 valence electrons. The number of nitrogens with one attached hydrogen (secondary N) is 1. The fraction of sp³-hybridized carbons (Fsp3) is 0.143. The second-order valence-corrected chi connectivity index (χ2v) is 6.56. The first-order valence-electron chi connectivity index (χ1n) is 6.05. The zero-order valence-corrected chi connectivity index (χ0v) is 12.3. The van der Waals surface area contributed by atoms with Crippen molar-refractivity contribution in [3.63, 3.8) is 0 Å². The Hall–Kier alpha value is -2.41. The van der Waals surface area contributed by atoms with Crippen molar-refractivity contribution in [1.29, 1.82) is 0 Å². The summed E-state index contributed by atoms with van der Waals surface area (Å²) in [5, 5.41) is 12.0. The number of benzene rings is 1. The summed E-state index contributed by atoms with van der Waals surface area (Å²) in [6.07, 6.45) is 2.60. The van der Waals surface area contributed by atoms with E-state index in [0.717, 1.165) is 12.3 Å². The molecule has 0 aliphatic rings. The van der Waals surface area contributed by atoms with Crippen LogP contribution in [0, 0.1) is 6.92 Å². The molecule has 0 radical (unpaired) electrons. The van der Waals surface area contributed by atoms with Crippen molar-refractivity contribution in [2.75, 3.05) is 11.6 Å². The van der Waals surface area contributed by atoms with Crippen molar-refractivity contribution in [1.82, 2.24) is 4.98 Å². The highest BCUT2D eigenvalue weighted by atomic mass is 32.2. The molecule has 0 unspecified atom stereocenters. The van der Waals surface area contributed by atoms with E-state index in [1.54, 1.807) is 31.3 Å². The third-order valence-electron chi connectivity index (χ3n) is 2.88. The minimum Gasteiger partial charge on any atom is -0.478 e. The number of pyridine rings is 1. The molecule has 0 bridgehead atoms. The lowest BCUT2D eigenvalue weighted by Gasteiger charge is -2.13. The van der Waals surface area contributed by atoms with Gasteiger partial charge in [-0.05, 0) is 36.8 Å². The number of sulfone groups is 1. The Labute approximate surface area is 122 Å². The second kappa shape index (κ2) is 5.53. The van der Waals surface area contributed by atoms with Crippen molar-refractivity contribution >= 4 is 27.3 Å². The molecular formula is C14H14N2O4S. The number of aromatic carboxylic acids is 1. The second-order valence-electron chi connectivity index (χ2n) is 4.58. The number of hydrogen-bond acceptors (Lipinski definition) is 5. The van der Waals surface area contributed by atoms with Crippen LogP contribution in [0.25, 0.3) is 0 Å². The standard InChI is InChI=1S/C14H14N2O4S/c1-9-7-11(16-13-5-3-4-6-15-13)12(21(2,19)20)8-10(9)14(17)18/h3-8H,1-2H3,(H,15,16)(H,17,18). The van der Waals surface area contributed by atoms with Gasteiger partial charge in [-0.15, -0.1) is 0 Å². The number of carbonyl (C=O) groups is 1. The third kappa shape index (κ3) is 3.38. The van der Waals surface area contributed by atoms with Crippen LogP contribution in [0.3, 0.4) is 0 Å². The highest BCUT2D eigenvalue weighted by Crippen LogP contribution is 2.28. The molecule has 7 heteroatoms. The van der Waals surface area contributed by atoms with E-state index in [2.05, 4.69) is 10.3 Å². The van der Waals surface area contributed by atoms with Gasteiger partial charge in [0.2, 0.25) is 0 Å². The average Bonchev–Trinajstić information content (AvgIpc) is 2.38. The first-order valence-corrected chi connectivity index (χ1v) is 7.94. The van der Waals surface area contributed by atoms with Crippen molar-refractivity contribution in [2.24, 2.45) is 0 Å². The summed E-state index contributed by atoms with van der Waals surface area (Å²) in [7, 11) is -3.58. The average molecular weight is 306 g/mol. The van der Waals surface area contributed by atoms with Crippen LogP contribution >= 0.6 is 0 Å². The molecule has 0 saturated carbocycles. The van der Waals surface area contributed by atoms with E-state index >= 15 is 0 Å². The van der Waals surface area contributed by atoms with Crippen LogP contribution in [0.2, 0.25) is 0 Å². The smallest absolute Gasteiger partial charge is 0.335 e. The molecule has 1 aromatic carbocycles. The molecule has 2 aromatic rings. The number of hydrogen-bond donors (Lipinski definition) is 2. The van der Waals surface area contributed by atoms with E-state index < -0.39 is 15.8 Å². The Balaban J connectivity index is 2.59. The molecular weight excluding hydrogens is 292 g/mol. The van der Waals surface area contributed by atoms with E-state index in [-0.39, 0.29) is 10.5 Å². The minimum absolute atomic E-state index is 0.0398. The van der Waals surface area contributed by atoms with Crippen LogP contribution in [-0.2, 0) is 9.84 Å². The molecule has 1 aromatic heterocycles. The Bertz CT molecular complexity index is 786. The zero-order chi connectivity index (χ0) is 15.6. The molecule has 0 fully saturated rings. The molecule has 0 atom stereocenters. The number of aryl methyl sites for hydroxylation is 1. The predicted molar refractivity (Wildman–Crippen MR) is 78.8 cm³/mol. The molecule has 0 aliphatic heterocycles. The van der Waals surface area contributed by atoms with Crippen LogP contribution in [-0.4, -0.2) is 30.7 Å². The molecule has 2 rings (SSSR count). The number of carboxylic acid groups (broad SMARTS) is 1. The maximum absolute atomic E-state index is 11.9. The van der Waals surface area contributed by atoms with Gasteiger partial charge in [0, 0.05) is 12.5 Å². The first-order chi connectivity index (χ1) is 9.79. The number of carboxylic acids is 1. The number of rotatable bonds is 4. The van der Waals surface area contributed by atoms with Gasteiger partial charge >= 0.3 is 5.97 Å². The Morgan fingerprint density at radius 1 is 1.29 bits per heavy atom. The van der Waals surface area contributed by atoms with Gasteiger partial charge in [0.05, 0.1) is 16.1 Å². The quantitative estimate of drug-likeness (QED) is 0.899. The van der Waals surface area contributed by atoms with Crippen LogP contribution in [0.4, 0.5) is 11.5 Å². The number of nitrogens with zero attached hydrogens (tertiary/aromatic N) is 1. The Kier molecular flexibility index (Phi) is 3.95. The van der Waals surface area contributed by atoms with E-state index in [0.29, 0.717) is 17.1 Å². The first kappa shape index (κ1) is 15.0. The Morgan fingerprint density at radius 2 is 2.00 bits per heavy atom. The molecule has 0 spiro atoms. The number of aromatic nitrogens is 1. The molecule has 2 N–H and O–H groups in total. The lowest BCUT2D eigenvalue weighted by molar-refractivity contribution is 0.0696. The van der Waals surface area contributed by atoms with E-state index in [1.807, 2.05) is 0 Å². The van der Waals surface area contributed by atoms with Gasteiger partial charge in [-0.1, -0.05) is 6.07 Å². The van der Waals surface area contributed by atoms with Crippen LogP contribution in [0.5, 0.6) is 0 Å². The fourth-order valence-electron chi connectivity index (χ4n) is 1.90. The van der Waals surface area contributed by atoms with E-state index in [1.165, 1.54) is 6.07 Å². The summed E-state index contributed by atoms with van der Waals surface area (Å²) in [6, 6.07) is 7.84. The zero-order valence-electron chi connectivity index (χ0n) is 11.5. The molecule has 21 heavy (non-hydrogen) atoms. The maximum Gasteiger partial charge on any atom is 0.335 e. The van der Waals surface area contributed by atoms with Crippen molar-refractivity contribution < 1.29 is 18.3 Å². The summed E-state index contributed by atoms with van der Waals surface area (Å²) in [4.78, 5) is 15.1. The fourth-order valence-corrected chi connectivity index (χ4v) is 2.74. The summed E-state index contributed by atoms with van der Waals surface area (Å²) in [6.45, 7) is 1.61. The van der Waals surface area contributed by atoms with Gasteiger partial charge in [0.15, 0.2) is 9.84 Å². The lowest BCUT2D eigenvalue weighted by atomic mass is 10.1. The maximum atomic E-state index is 11.9. The molecule has 0 saturated heterocycles. The van der Waals surface area contributed by atoms with Gasteiger partial charge in [0.1, 0.15) is 5.82 Å². The molecule has 6 nitrogen and oxygen atoms in total. The van der Waals surface area contributed by atoms with E-state index in [9.17, 15) is 13.2 Å². The summed E-state index contributed by atoms with van der Waals surface area (Å²) >= 11 is 0. The Morgan fingerprint density at radius 3 is 2.52 bits per heavy atom. The summed E-state index contributed by atoms with van der Waals surface area (Å²) < 4.78 is 23.8. The largest absolute Gasteiger partial charge is 0.478 e. The molecule has 0 aliphatic carbocycles. The molecule has 0 amide bonds. The van der Waals surface area contributed by atoms with Gasteiger partial charge in [-0.3, -0.25) is 0 Å².